The van der Waals surface area contributed by atoms with Crippen LogP contribution in [0.1, 0.15) is 64.7 Å². The number of unbranched alkanes of at least 4 members (excludes halogenated alkanes) is 7. The molecule has 0 amide bonds. The second kappa shape index (κ2) is 14.9. The standard InChI is InChI=1S/C34H40N2O2/c1-2-38-31(37)26-18-7-5-3-4-6-8-19-27-36-33(29-22-14-10-15-23-29)32(28-20-12-9-13-21-28)35-34(36)30-24-16-11-17-25-30/h9-17,20-25H,2-8,18-19,26-27H2,1H3. The number of imidazole rings is 1. The molecule has 0 aliphatic carbocycles. The third-order valence-electron chi connectivity index (χ3n) is 6.91. The topological polar surface area (TPSA) is 44.1 Å². The van der Waals surface area contributed by atoms with Crippen molar-refractivity contribution in [3.63, 3.8) is 0 Å². The molecular formula is C34H40N2O2. The molecule has 0 radical (unpaired) electrons. The molecule has 4 nitrogen and oxygen atoms in total. The Bertz CT molecular complexity index is 1230. The van der Waals surface area contributed by atoms with Gasteiger partial charge in [0.1, 0.15) is 5.82 Å². The quantitative estimate of drug-likeness (QED) is 0.119. The van der Waals surface area contributed by atoms with Gasteiger partial charge in [0.25, 0.3) is 0 Å². The smallest absolute Gasteiger partial charge is 0.305 e. The number of nitrogens with zero attached hydrogens (tertiary/aromatic N) is 2. The van der Waals surface area contributed by atoms with Crippen LogP contribution in [0.4, 0.5) is 0 Å². The lowest BCUT2D eigenvalue weighted by molar-refractivity contribution is -0.143. The normalized spacial score (nSPS) is 11.0. The molecule has 0 unspecified atom stereocenters. The SMILES string of the molecule is CCOC(=O)CCCCCCCCCCn1c(-c2ccccc2)nc(-c2ccccc2)c1-c1ccccc1. The molecule has 0 saturated carbocycles. The Morgan fingerprint density at radius 2 is 1.16 bits per heavy atom. The van der Waals surface area contributed by atoms with Crippen molar-refractivity contribution >= 4 is 5.97 Å². The van der Waals surface area contributed by atoms with Gasteiger partial charge in [-0.25, -0.2) is 4.98 Å². The number of carbonyl (C=O) groups is 1. The number of aromatic nitrogens is 2. The molecular weight excluding hydrogens is 468 g/mol. The molecule has 0 aliphatic heterocycles. The number of rotatable bonds is 15. The van der Waals surface area contributed by atoms with Crippen molar-refractivity contribution in [3.05, 3.63) is 91.0 Å². The first-order chi connectivity index (χ1) is 18.8. The molecule has 4 rings (SSSR count). The van der Waals surface area contributed by atoms with Crippen LogP contribution in [-0.2, 0) is 16.1 Å². The van der Waals surface area contributed by atoms with Crippen LogP contribution in [0.5, 0.6) is 0 Å². The highest BCUT2D eigenvalue weighted by Crippen LogP contribution is 2.36. The van der Waals surface area contributed by atoms with E-state index in [0.717, 1.165) is 48.5 Å². The molecule has 0 aliphatic rings. The van der Waals surface area contributed by atoms with Gasteiger partial charge in [0.15, 0.2) is 0 Å². The number of hydrogen-bond donors (Lipinski definition) is 0. The first-order valence-electron chi connectivity index (χ1n) is 14.2. The fraction of sp³-hybridized carbons (Fsp3) is 0.353. The predicted molar refractivity (Wildman–Crippen MR) is 157 cm³/mol. The number of carbonyl (C=O) groups excluding carboxylic acids is 1. The molecule has 38 heavy (non-hydrogen) atoms. The van der Waals surface area contributed by atoms with Gasteiger partial charge in [-0.05, 0) is 19.8 Å². The van der Waals surface area contributed by atoms with Crippen molar-refractivity contribution in [2.24, 2.45) is 0 Å². The van der Waals surface area contributed by atoms with Crippen LogP contribution in [-0.4, -0.2) is 22.1 Å². The summed E-state index contributed by atoms with van der Waals surface area (Å²) < 4.78 is 7.44. The van der Waals surface area contributed by atoms with Crippen molar-refractivity contribution in [1.29, 1.82) is 0 Å². The minimum atomic E-state index is -0.0628. The van der Waals surface area contributed by atoms with Gasteiger partial charge in [0.2, 0.25) is 0 Å². The second-order valence-electron chi connectivity index (χ2n) is 9.77. The van der Waals surface area contributed by atoms with Crippen LogP contribution in [0.15, 0.2) is 91.0 Å². The van der Waals surface area contributed by atoms with E-state index >= 15 is 0 Å². The summed E-state index contributed by atoms with van der Waals surface area (Å²) in [7, 11) is 0. The van der Waals surface area contributed by atoms with E-state index in [0.29, 0.717) is 13.0 Å². The van der Waals surface area contributed by atoms with E-state index in [1.807, 2.05) is 6.92 Å². The highest BCUT2D eigenvalue weighted by atomic mass is 16.5. The average molecular weight is 509 g/mol. The highest BCUT2D eigenvalue weighted by Gasteiger charge is 2.20. The summed E-state index contributed by atoms with van der Waals surface area (Å²) in [5, 5.41) is 0. The Hall–Kier alpha value is -3.66. The van der Waals surface area contributed by atoms with E-state index in [2.05, 4.69) is 95.6 Å². The van der Waals surface area contributed by atoms with Crippen molar-refractivity contribution in [2.45, 2.75) is 71.3 Å². The minimum absolute atomic E-state index is 0.0628. The van der Waals surface area contributed by atoms with Crippen molar-refractivity contribution in [2.75, 3.05) is 6.61 Å². The monoisotopic (exact) mass is 508 g/mol. The van der Waals surface area contributed by atoms with E-state index in [1.54, 1.807) is 0 Å². The van der Waals surface area contributed by atoms with Gasteiger partial charge in [-0.2, -0.15) is 0 Å². The van der Waals surface area contributed by atoms with Gasteiger partial charge in [-0.3, -0.25) is 4.79 Å². The summed E-state index contributed by atoms with van der Waals surface area (Å²) in [5.41, 5.74) is 5.72. The van der Waals surface area contributed by atoms with E-state index in [-0.39, 0.29) is 5.97 Å². The fourth-order valence-corrected chi connectivity index (χ4v) is 5.00. The molecule has 0 N–H and O–H groups in total. The molecule has 4 aromatic rings. The molecule has 4 heteroatoms. The lowest BCUT2D eigenvalue weighted by atomic mass is 10.0. The van der Waals surface area contributed by atoms with Crippen LogP contribution >= 0.6 is 0 Å². The summed E-state index contributed by atoms with van der Waals surface area (Å²) in [5.74, 6) is 0.970. The van der Waals surface area contributed by atoms with Gasteiger partial charge >= 0.3 is 5.97 Å². The van der Waals surface area contributed by atoms with Crippen LogP contribution in [0.2, 0.25) is 0 Å². The third-order valence-corrected chi connectivity index (χ3v) is 6.91. The Balaban J connectivity index is 1.42. The van der Waals surface area contributed by atoms with E-state index < -0.39 is 0 Å². The van der Waals surface area contributed by atoms with E-state index in [1.165, 1.54) is 43.4 Å². The zero-order valence-corrected chi connectivity index (χ0v) is 22.6. The Morgan fingerprint density at radius 3 is 1.74 bits per heavy atom. The predicted octanol–water partition coefficient (Wildman–Crippen LogP) is 8.96. The minimum Gasteiger partial charge on any atom is -0.466 e. The first kappa shape index (κ1) is 27.4. The maximum absolute atomic E-state index is 11.4. The summed E-state index contributed by atoms with van der Waals surface area (Å²) in [6.07, 6.45) is 9.82. The summed E-state index contributed by atoms with van der Waals surface area (Å²) in [4.78, 5) is 16.7. The number of ether oxygens (including phenoxy) is 1. The zero-order valence-electron chi connectivity index (χ0n) is 22.6. The molecule has 1 heterocycles. The molecule has 0 fully saturated rings. The highest BCUT2D eigenvalue weighted by molar-refractivity contribution is 5.82. The average Bonchev–Trinajstić information content (AvgIpc) is 3.35. The van der Waals surface area contributed by atoms with Crippen LogP contribution in [0.25, 0.3) is 33.9 Å². The van der Waals surface area contributed by atoms with E-state index in [4.69, 9.17) is 9.72 Å². The van der Waals surface area contributed by atoms with Gasteiger partial charge in [0.05, 0.1) is 18.0 Å². The second-order valence-corrected chi connectivity index (χ2v) is 9.77. The zero-order chi connectivity index (χ0) is 26.4. The largest absolute Gasteiger partial charge is 0.466 e. The summed E-state index contributed by atoms with van der Waals surface area (Å²) >= 11 is 0. The fourth-order valence-electron chi connectivity index (χ4n) is 5.00. The molecule has 1 aromatic heterocycles. The third kappa shape index (κ3) is 7.67. The summed E-state index contributed by atoms with van der Waals surface area (Å²) in [6, 6.07) is 31.8. The lowest BCUT2D eigenvalue weighted by Crippen LogP contribution is -2.03. The Kier molecular flexibility index (Phi) is 10.8. The molecule has 0 bridgehead atoms. The maximum Gasteiger partial charge on any atom is 0.305 e. The Morgan fingerprint density at radius 1 is 0.658 bits per heavy atom. The van der Waals surface area contributed by atoms with Gasteiger partial charge in [-0.1, -0.05) is 130 Å². The van der Waals surface area contributed by atoms with Gasteiger partial charge in [-0.15, -0.1) is 0 Å². The van der Waals surface area contributed by atoms with Crippen LogP contribution in [0.3, 0.4) is 0 Å². The maximum atomic E-state index is 11.4. The number of benzene rings is 3. The number of hydrogen-bond acceptors (Lipinski definition) is 3. The van der Waals surface area contributed by atoms with Crippen LogP contribution < -0.4 is 0 Å². The Labute approximate surface area is 227 Å². The molecule has 3 aromatic carbocycles. The molecule has 0 spiro atoms. The van der Waals surface area contributed by atoms with Crippen molar-refractivity contribution < 1.29 is 9.53 Å². The van der Waals surface area contributed by atoms with Crippen LogP contribution in [0, 0.1) is 0 Å². The van der Waals surface area contributed by atoms with Crippen molar-refractivity contribution in [1.82, 2.24) is 9.55 Å². The molecule has 0 saturated heterocycles. The number of esters is 1. The molecule has 198 valence electrons. The van der Waals surface area contributed by atoms with Gasteiger partial charge in [0, 0.05) is 29.7 Å². The molecule has 0 atom stereocenters. The van der Waals surface area contributed by atoms with Gasteiger partial charge < -0.3 is 9.30 Å². The van der Waals surface area contributed by atoms with E-state index in [9.17, 15) is 4.79 Å². The first-order valence-corrected chi connectivity index (χ1v) is 14.2. The summed E-state index contributed by atoms with van der Waals surface area (Å²) in [6.45, 7) is 3.27. The lowest BCUT2D eigenvalue weighted by Gasteiger charge is -2.14. The van der Waals surface area contributed by atoms with Crippen molar-refractivity contribution in [3.8, 4) is 33.9 Å².